The molecule has 4 heterocycles. The molecule has 3 atom stereocenters. The molecule has 0 bridgehead atoms. The van der Waals surface area contributed by atoms with Crippen molar-refractivity contribution in [2.24, 2.45) is 17.3 Å². The lowest BCUT2D eigenvalue weighted by Crippen LogP contribution is -2.39. The molecule has 29 heavy (non-hydrogen) atoms. The fraction of sp³-hybridized carbons (Fsp3) is 0.522. The van der Waals surface area contributed by atoms with Gasteiger partial charge >= 0.3 is 0 Å². The van der Waals surface area contributed by atoms with Crippen LogP contribution in [0.4, 0.5) is 5.69 Å². The number of fused-ring (bicyclic) bond motifs is 1. The minimum Gasteiger partial charge on any atom is -0.370 e. The van der Waals surface area contributed by atoms with E-state index in [1.54, 1.807) is 6.20 Å². The average Bonchev–Trinajstić information content (AvgIpc) is 3.48. The molecule has 5 rings (SSSR count). The highest BCUT2D eigenvalue weighted by molar-refractivity contribution is 5.95. The van der Waals surface area contributed by atoms with E-state index in [-0.39, 0.29) is 5.92 Å². The molecular weight excluding hydrogens is 362 g/mol. The summed E-state index contributed by atoms with van der Waals surface area (Å²) in [6, 6.07) is 10.0. The molecule has 3 saturated heterocycles. The van der Waals surface area contributed by atoms with Gasteiger partial charge in [-0.2, -0.15) is 5.26 Å². The van der Waals surface area contributed by atoms with Crippen molar-refractivity contribution in [3.05, 3.63) is 36.0 Å². The van der Waals surface area contributed by atoms with Crippen molar-refractivity contribution in [2.45, 2.75) is 19.8 Å². The number of carbonyl (C=O) groups excluding carboxylic acids is 1. The molecule has 1 N–H and O–H groups in total. The van der Waals surface area contributed by atoms with E-state index in [1.807, 2.05) is 24.3 Å². The summed E-state index contributed by atoms with van der Waals surface area (Å²) >= 11 is 0. The number of hydrogen-bond donors (Lipinski definition) is 1. The van der Waals surface area contributed by atoms with E-state index in [0.717, 1.165) is 62.3 Å². The zero-order chi connectivity index (χ0) is 20.0. The highest BCUT2D eigenvalue weighted by Gasteiger charge is 2.45. The topological polar surface area (TPSA) is 72.3 Å². The van der Waals surface area contributed by atoms with Gasteiger partial charge in [0.2, 0.25) is 5.91 Å². The van der Waals surface area contributed by atoms with Gasteiger partial charge in [0, 0.05) is 55.4 Å². The van der Waals surface area contributed by atoms with Gasteiger partial charge < -0.3 is 15.1 Å². The van der Waals surface area contributed by atoms with Crippen molar-refractivity contribution >= 4 is 22.5 Å². The molecule has 2 aromatic rings. The van der Waals surface area contributed by atoms with Crippen LogP contribution in [0.2, 0.25) is 0 Å². The van der Waals surface area contributed by atoms with Crippen LogP contribution in [0.25, 0.3) is 10.9 Å². The Morgan fingerprint density at radius 2 is 2.21 bits per heavy atom. The van der Waals surface area contributed by atoms with Gasteiger partial charge in [0.05, 0.1) is 17.0 Å². The molecule has 1 aromatic heterocycles. The molecule has 0 saturated carbocycles. The predicted octanol–water partition coefficient (Wildman–Crippen LogP) is 2.39. The quantitative estimate of drug-likeness (QED) is 0.854. The second-order valence-corrected chi connectivity index (χ2v) is 9.07. The highest BCUT2D eigenvalue weighted by atomic mass is 16.2. The van der Waals surface area contributed by atoms with Crippen LogP contribution < -0.4 is 10.2 Å². The summed E-state index contributed by atoms with van der Waals surface area (Å²) in [4.78, 5) is 22.2. The Bertz CT molecular complexity index is 990. The molecule has 0 aliphatic carbocycles. The molecule has 3 aliphatic heterocycles. The number of hydrogen-bond acceptors (Lipinski definition) is 5. The second-order valence-electron chi connectivity index (χ2n) is 9.07. The maximum absolute atomic E-state index is 13.4. The maximum atomic E-state index is 13.4. The number of carbonyl (C=O) groups is 1. The second kappa shape index (κ2) is 7.00. The van der Waals surface area contributed by atoms with Gasteiger partial charge in [-0.1, -0.05) is 6.92 Å². The normalized spacial score (nSPS) is 29.1. The van der Waals surface area contributed by atoms with Crippen LogP contribution >= 0.6 is 0 Å². The van der Waals surface area contributed by atoms with E-state index in [0.29, 0.717) is 22.8 Å². The number of anilines is 1. The Kier molecular flexibility index (Phi) is 4.44. The monoisotopic (exact) mass is 389 g/mol. The number of rotatable bonds is 2. The minimum atomic E-state index is 0.0295. The van der Waals surface area contributed by atoms with E-state index in [4.69, 9.17) is 0 Å². The van der Waals surface area contributed by atoms with E-state index in [9.17, 15) is 10.1 Å². The van der Waals surface area contributed by atoms with Crippen molar-refractivity contribution in [3.63, 3.8) is 0 Å². The summed E-state index contributed by atoms with van der Waals surface area (Å²) in [5.41, 5.74) is 2.72. The Morgan fingerprint density at radius 3 is 3.00 bits per heavy atom. The van der Waals surface area contributed by atoms with Gasteiger partial charge in [-0.3, -0.25) is 9.78 Å². The van der Waals surface area contributed by atoms with Crippen molar-refractivity contribution < 1.29 is 4.79 Å². The van der Waals surface area contributed by atoms with Gasteiger partial charge in [-0.15, -0.1) is 0 Å². The average molecular weight is 390 g/mol. The number of nitriles is 1. The number of benzene rings is 1. The van der Waals surface area contributed by atoms with E-state index in [2.05, 4.69) is 33.1 Å². The highest BCUT2D eigenvalue weighted by Crippen LogP contribution is 2.39. The molecule has 1 spiro atoms. The molecule has 2 unspecified atom stereocenters. The number of amides is 1. The number of pyridine rings is 1. The first-order valence-electron chi connectivity index (χ1n) is 10.6. The van der Waals surface area contributed by atoms with Crippen molar-refractivity contribution in [1.29, 1.82) is 5.26 Å². The van der Waals surface area contributed by atoms with Crippen LogP contribution in [-0.2, 0) is 4.79 Å². The van der Waals surface area contributed by atoms with Crippen LogP contribution in [0.5, 0.6) is 0 Å². The zero-order valence-electron chi connectivity index (χ0n) is 16.9. The van der Waals surface area contributed by atoms with Gasteiger partial charge in [-0.25, -0.2) is 0 Å². The van der Waals surface area contributed by atoms with Crippen molar-refractivity contribution in [1.82, 2.24) is 15.2 Å². The smallest absolute Gasteiger partial charge is 0.227 e. The summed E-state index contributed by atoms with van der Waals surface area (Å²) in [7, 11) is 0. The minimum absolute atomic E-state index is 0.0295. The number of nitrogens with zero attached hydrogens (tertiary/aromatic N) is 4. The van der Waals surface area contributed by atoms with Gasteiger partial charge in [0.15, 0.2) is 0 Å². The Morgan fingerprint density at radius 1 is 1.31 bits per heavy atom. The summed E-state index contributed by atoms with van der Waals surface area (Å²) in [6.07, 6.45) is 4.04. The summed E-state index contributed by atoms with van der Waals surface area (Å²) in [5.74, 6) is 0.657. The Balaban J connectivity index is 1.37. The number of likely N-dealkylation sites (tertiary alicyclic amines) is 1. The lowest BCUT2D eigenvalue weighted by molar-refractivity contribution is -0.135. The Hall–Kier alpha value is -2.65. The van der Waals surface area contributed by atoms with Crippen molar-refractivity contribution in [3.8, 4) is 6.07 Å². The largest absolute Gasteiger partial charge is 0.370 e. The zero-order valence-corrected chi connectivity index (χ0v) is 16.9. The lowest BCUT2D eigenvalue weighted by atomic mass is 9.86. The third-order valence-corrected chi connectivity index (χ3v) is 7.22. The van der Waals surface area contributed by atoms with Crippen LogP contribution in [-0.4, -0.2) is 55.1 Å². The van der Waals surface area contributed by atoms with Gasteiger partial charge in [-0.05, 0) is 49.6 Å². The summed E-state index contributed by atoms with van der Waals surface area (Å²) in [5, 5.41) is 13.9. The van der Waals surface area contributed by atoms with E-state index in [1.165, 1.54) is 6.42 Å². The third kappa shape index (κ3) is 3.05. The summed E-state index contributed by atoms with van der Waals surface area (Å²) in [6.45, 7) is 7.71. The standard InChI is InChI=1S/C23H27N5O/c1-16-12-28(20-5-4-17(11-24)21-18(20)3-2-8-26-21)13-19(16)22(29)27-10-7-23(15-27)6-9-25-14-23/h2-5,8,16,19,25H,6-7,9-10,12-15H2,1H3/t16-,19?,23?/m1/s1. The molecule has 150 valence electrons. The van der Waals surface area contributed by atoms with Crippen LogP contribution in [0.15, 0.2) is 30.5 Å². The van der Waals surface area contributed by atoms with E-state index < -0.39 is 0 Å². The lowest BCUT2D eigenvalue weighted by Gasteiger charge is -2.26. The molecule has 3 aliphatic rings. The first-order chi connectivity index (χ1) is 14.1. The first-order valence-corrected chi connectivity index (χ1v) is 10.6. The van der Waals surface area contributed by atoms with E-state index >= 15 is 0 Å². The predicted molar refractivity (Wildman–Crippen MR) is 112 cm³/mol. The third-order valence-electron chi connectivity index (χ3n) is 7.22. The number of nitrogens with one attached hydrogen (secondary N) is 1. The maximum Gasteiger partial charge on any atom is 0.227 e. The molecule has 3 fully saturated rings. The molecule has 1 aromatic carbocycles. The number of aromatic nitrogens is 1. The summed E-state index contributed by atoms with van der Waals surface area (Å²) < 4.78 is 0. The van der Waals surface area contributed by atoms with Crippen LogP contribution in [0.1, 0.15) is 25.3 Å². The van der Waals surface area contributed by atoms with Crippen molar-refractivity contribution in [2.75, 3.05) is 44.2 Å². The van der Waals surface area contributed by atoms with Crippen LogP contribution in [0, 0.1) is 28.6 Å². The molecular formula is C23H27N5O. The Labute approximate surface area is 171 Å². The molecule has 0 radical (unpaired) electrons. The molecule has 6 nitrogen and oxygen atoms in total. The molecule has 6 heteroatoms. The SMILES string of the molecule is C[C@@H]1CN(c2ccc(C#N)c3ncccc23)CC1C(=O)N1CCC2(CCNC2)C1. The fourth-order valence-electron chi connectivity index (χ4n) is 5.51. The van der Waals surface area contributed by atoms with Gasteiger partial charge in [0.1, 0.15) is 6.07 Å². The molecule has 1 amide bonds. The first kappa shape index (κ1) is 18.4. The van der Waals surface area contributed by atoms with Crippen LogP contribution in [0.3, 0.4) is 0 Å². The van der Waals surface area contributed by atoms with Gasteiger partial charge in [0.25, 0.3) is 0 Å². The fourth-order valence-corrected chi connectivity index (χ4v) is 5.51.